The Balaban J connectivity index is 0.000000309. The summed E-state index contributed by atoms with van der Waals surface area (Å²) >= 11 is 6.27. The molecule has 2 aromatic rings. The third kappa shape index (κ3) is 8.81. The number of fused-ring (bicyclic) bond motifs is 2. The zero-order chi connectivity index (χ0) is 23.3. The summed E-state index contributed by atoms with van der Waals surface area (Å²) in [6.07, 6.45) is 7.45. The van der Waals surface area contributed by atoms with Gasteiger partial charge in [0.1, 0.15) is 0 Å². The van der Waals surface area contributed by atoms with E-state index < -0.39 is 5.97 Å². The lowest BCUT2D eigenvalue weighted by molar-refractivity contribution is -0.137. The Hall–Kier alpha value is -2.08. The number of hydrogen-bond donors (Lipinski definition) is 2. The minimum Gasteiger partial charge on any atom is -0.481 e. The van der Waals surface area contributed by atoms with Crippen LogP contribution in [-0.2, 0) is 17.6 Å². The van der Waals surface area contributed by atoms with Gasteiger partial charge in [-0.3, -0.25) is 4.79 Å². The smallest absolute Gasteiger partial charge is 0.303 e. The molecule has 5 nitrogen and oxygen atoms in total. The number of hydrogen-bond acceptors (Lipinski definition) is 4. The predicted molar refractivity (Wildman–Crippen MR) is 135 cm³/mol. The summed E-state index contributed by atoms with van der Waals surface area (Å²) in [5, 5.41) is 9.06. The summed E-state index contributed by atoms with van der Waals surface area (Å²) in [5.41, 5.74) is 10.7. The van der Waals surface area contributed by atoms with E-state index in [0.717, 1.165) is 63.1 Å². The Bertz CT molecular complexity index is 842. The zero-order valence-electron chi connectivity index (χ0n) is 19.5. The van der Waals surface area contributed by atoms with Crippen molar-refractivity contribution in [3.05, 3.63) is 58.6 Å². The first-order valence-corrected chi connectivity index (χ1v) is 12.0. The van der Waals surface area contributed by atoms with Gasteiger partial charge in [0.05, 0.1) is 0 Å². The number of benzene rings is 2. The number of aryl methyl sites for hydroxylation is 2. The van der Waals surface area contributed by atoms with Gasteiger partial charge in [0, 0.05) is 29.4 Å². The molecule has 1 aliphatic heterocycles. The molecule has 0 amide bonds. The summed E-state index contributed by atoms with van der Waals surface area (Å²) in [4.78, 5) is 14.7. The van der Waals surface area contributed by atoms with Gasteiger partial charge >= 0.3 is 5.97 Å². The van der Waals surface area contributed by atoms with Crippen molar-refractivity contribution in [3.8, 4) is 0 Å². The van der Waals surface area contributed by atoms with Gasteiger partial charge in [-0.15, -0.1) is 0 Å². The molecule has 6 heteroatoms. The highest BCUT2D eigenvalue weighted by atomic mass is 35.5. The second kappa shape index (κ2) is 14.1. The third-order valence-corrected chi connectivity index (χ3v) is 5.85. The fourth-order valence-corrected chi connectivity index (χ4v) is 4.11. The molecular weight excluding hydrogens is 422 g/mol. The van der Waals surface area contributed by atoms with E-state index in [1.807, 2.05) is 6.07 Å². The summed E-state index contributed by atoms with van der Waals surface area (Å²) in [6, 6.07) is 15.1. The van der Waals surface area contributed by atoms with Crippen molar-refractivity contribution in [2.24, 2.45) is 5.73 Å². The SMILES string of the molecule is CN(C)CCCN1c2ccccc2CCc2ccc(Cl)cc21.NCCCCCCC(=O)O. The van der Waals surface area contributed by atoms with Crippen molar-refractivity contribution in [1.29, 1.82) is 0 Å². The highest BCUT2D eigenvalue weighted by Crippen LogP contribution is 2.37. The van der Waals surface area contributed by atoms with Crippen molar-refractivity contribution in [2.75, 3.05) is 38.6 Å². The molecule has 0 atom stereocenters. The van der Waals surface area contributed by atoms with Crippen LogP contribution in [0.3, 0.4) is 0 Å². The van der Waals surface area contributed by atoms with Crippen molar-refractivity contribution in [1.82, 2.24) is 4.90 Å². The molecule has 0 saturated carbocycles. The van der Waals surface area contributed by atoms with Gasteiger partial charge in [0.2, 0.25) is 0 Å². The molecule has 0 unspecified atom stereocenters. The molecule has 2 aromatic carbocycles. The maximum absolute atomic E-state index is 10.0. The minimum atomic E-state index is -0.701. The van der Waals surface area contributed by atoms with Gasteiger partial charge in [-0.1, -0.05) is 48.7 Å². The van der Waals surface area contributed by atoms with Crippen LogP contribution in [-0.4, -0.2) is 49.7 Å². The molecule has 1 heterocycles. The molecule has 0 aromatic heterocycles. The Morgan fingerprint density at radius 2 is 1.69 bits per heavy atom. The summed E-state index contributed by atoms with van der Waals surface area (Å²) in [7, 11) is 4.25. The number of nitrogens with zero attached hydrogens (tertiary/aromatic N) is 2. The van der Waals surface area contributed by atoms with E-state index in [1.54, 1.807) is 0 Å². The van der Waals surface area contributed by atoms with Crippen LogP contribution in [0.15, 0.2) is 42.5 Å². The Morgan fingerprint density at radius 1 is 1.00 bits per heavy atom. The monoisotopic (exact) mass is 459 g/mol. The number of carboxylic acid groups (broad SMARTS) is 1. The Kier molecular flexibility index (Phi) is 11.6. The number of halogens is 1. The van der Waals surface area contributed by atoms with Gasteiger partial charge in [-0.25, -0.2) is 0 Å². The second-order valence-corrected chi connectivity index (χ2v) is 8.99. The van der Waals surface area contributed by atoms with E-state index in [9.17, 15) is 4.79 Å². The van der Waals surface area contributed by atoms with Gasteiger partial charge in [0.15, 0.2) is 0 Å². The summed E-state index contributed by atoms with van der Waals surface area (Å²) < 4.78 is 0. The lowest BCUT2D eigenvalue weighted by atomic mass is 10.0. The minimum absolute atomic E-state index is 0.296. The van der Waals surface area contributed by atoms with Crippen molar-refractivity contribution >= 4 is 28.9 Å². The molecule has 3 rings (SSSR count). The first kappa shape index (κ1) is 26.2. The quantitative estimate of drug-likeness (QED) is 0.458. The Labute approximate surface area is 198 Å². The number of carboxylic acids is 1. The normalized spacial score (nSPS) is 12.5. The average molecular weight is 460 g/mol. The van der Waals surface area contributed by atoms with Crippen LogP contribution in [0.1, 0.15) is 49.7 Å². The molecule has 1 aliphatic rings. The van der Waals surface area contributed by atoms with Gasteiger partial charge in [-0.05, 0) is 88.6 Å². The molecule has 32 heavy (non-hydrogen) atoms. The van der Waals surface area contributed by atoms with Crippen LogP contribution >= 0.6 is 11.6 Å². The first-order valence-electron chi connectivity index (χ1n) is 11.6. The van der Waals surface area contributed by atoms with E-state index >= 15 is 0 Å². The molecule has 0 spiro atoms. The fourth-order valence-electron chi connectivity index (χ4n) is 3.94. The highest BCUT2D eigenvalue weighted by Gasteiger charge is 2.20. The molecular formula is C26H38ClN3O2. The van der Waals surface area contributed by atoms with E-state index in [1.165, 1.54) is 22.5 Å². The van der Waals surface area contributed by atoms with Crippen LogP contribution in [0.2, 0.25) is 5.02 Å². The molecule has 0 aliphatic carbocycles. The first-order chi connectivity index (χ1) is 15.4. The van der Waals surface area contributed by atoms with Gasteiger partial charge < -0.3 is 20.6 Å². The second-order valence-electron chi connectivity index (χ2n) is 8.56. The number of unbranched alkanes of at least 4 members (excludes halogenated alkanes) is 3. The van der Waals surface area contributed by atoms with E-state index in [2.05, 4.69) is 60.3 Å². The number of aliphatic carboxylic acids is 1. The van der Waals surface area contributed by atoms with Crippen LogP contribution in [0.4, 0.5) is 11.4 Å². The topological polar surface area (TPSA) is 69.8 Å². The average Bonchev–Trinajstić information content (AvgIpc) is 2.91. The summed E-state index contributed by atoms with van der Waals surface area (Å²) in [6.45, 7) is 2.82. The van der Waals surface area contributed by atoms with Crippen LogP contribution in [0.25, 0.3) is 0 Å². The predicted octanol–water partition coefficient (Wildman–Crippen LogP) is 5.51. The largest absolute Gasteiger partial charge is 0.481 e. The molecule has 0 bridgehead atoms. The molecule has 3 N–H and O–H groups in total. The van der Waals surface area contributed by atoms with E-state index in [0.29, 0.717) is 13.0 Å². The van der Waals surface area contributed by atoms with Crippen molar-refractivity contribution < 1.29 is 9.90 Å². The Morgan fingerprint density at radius 3 is 2.38 bits per heavy atom. The lowest BCUT2D eigenvalue weighted by Gasteiger charge is -2.27. The van der Waals surface area contributed by atoms with Gasteiger partial charge in [-0.2, -0.15) is 0 Å². The molecule has 0 radical (unpaired) electrons. The highest BCUT2D eigenvalue weighted by molar-refractivity contribution is 6.30. The van der Waals surface area contributed by atoms with Crippen molar-refractivity contribution in [3.63, 3.8) is 0 Å². The standard InChI is InChI=1S/C19H23ClN2.C7H15NO2/c1-21(2)12-5-13-22-18-7-4-3-6-15(18)8-9-16-10-11-17(20)14-19(16)22;8-6-4-2-1-3-5-7(9)10/h3-4,6-7,10-11,14H,5,8-9,12-13H2,1-2H3;1-6,8H2,(H,9,10). The van der Waals surface area contributed by atoms with Gasteiger partial charge in [0.25, 0.3) is 0 Å². The van der Waals surface area contributed by atoms with E-state index in [-0.39, 0.29) is 0 Å². The maximum atomic E-state index is 10.0. The maximum Gasteiger partial charge on any atom is 0.303 e. The van der Waals surface area contributed by atoms with Crippen LogP contribution < -0.4 is 10.6 Å². The molecule has 0 fully saturated rings. The molecule has 0 saturated heterocycles. The van der Waals surface area contributed by atoms with Crippen LogP contribution in [0, 0.1) is 0 Å². The zero-order valence-corrected chi connectivity index (χ0v) is 20.3. The number of nitrogens with two attached hydrogens (primary N) is 1. The van der Waals surface area contributed by atoms with Crippen LogP contribution in [0.5, 0.6) is 0 Å². The number of anilines is 2. The lowest BCUT2D eigenvalue weighted by Crippen LogP contribution is -2.24. The van der Waals surface area contributed by atoms with Crippen molar-refractivity contribution in [2.45, 2.75) is 51.4 Å². The van der Waals surface area contributed by atoms with E-state index in [4.69, 9.17) is 22.4 Å². The fraction of sp³-hybridized carbons (Fsp3) is 0.500. The number of carbonyl (C=O) groups is 1. The number of para-hydroxylation sites is 1. The molecule has 176 valence electrons. The number of rotatable bonds is 10. The summed E-state index contributed by atoms with van der Waals surface area (Å²) in [5.74, 6) is -0.701. The third-order valence-electron chi connectivity index (χ3n) is 5.62.